The fraction of sp³-hybridized carbons (Fsp3) is 0.130. The van der Waals surface area contributed by atoms with Crippen LogP contribution in [0.25, 0.3) is 16.7 Å². The molecule has 148 valence electrons. The van der Waals surface area contributed by atoms with Gasteiger partial charge in [0, 0.05) is 17.2 Å². The van der Waals surface area contributed by atoms with E-state index in [0.717, 1.165) is 15.7 Å². The lowest BCUT2D eigenvalue weighted by atomic mass is 10.1. The number of rotatable bonds is 4. The van der Waals surface area contributed by atoms with E-state index in [2.05, 4.69) is 26.0 Å². The number of benzene rings is 2. The molecule has 0 atom stereocenters. The number of carbonyl (C=O) groups is 2. The standard InChI is InChI=1S/C23H17BrN4O2/c1-14-19-20-18(13-25-21(19)28(26-14)17-9-7-16(24)8-10-17)22(29)27(23(20)30)12-11-15-5-3-2-4-6-15/h2-10,13H,11-12H2,1H3. The second-order valence-corrected chi connectivity index (χ2v) is 8.13. The van der Waals surface area contributed by atoms with Crippen molar-refractivity contribution in [1.29, 1.82) is 0 Å². The Morgan fingerprint density at radius 3 is 2.43 bits per heavy atom. The maximum atomic E-state index is 13.2. The zero-order chi connectivity index (χ0) is 20.8. The van der Waals surface area contributed by atoms with Crippen molar-refractivity contribution in [1.82, 2.24) is 19.7 Å². The lowest BCUT2D eigenvalue weighted by Crippen LogP contribution is -2.31. The van der Waals surface area contributed by atoms with Crippen molar-refractivity contribution >= 4 is 38.8 Å². The molecule has 1 aliphatic rings. The number of aromatic nitrogens is 3. The highest BCUT2D eigenvalue weighted by Crippen LogP contribution is 2.32. The predicted molar refractivity (Wildman–Crippen MR) is 117 cm³/mol. The Labute approximate surface area is 181 Å². The van der Waals surface area contributed by atoms with Gasteiger partial charge >= 0.3 is 0 Å². The number of nitrogens with zero attached hydrogens (tertiary/aromatic N) is 4. The van der Waals surface area contributed by atoms with Crippen LogP contribution in [0, 0.1) is 6.92 Å². The molecule has 0 fully saturated rings. The highest BCUT2D eigenvalue weighted by atomic mass is 79.9. The molecule has 0 radical (unpaired) electrons. The van der Waals surface area contributed by atoms with Gasteiger partial charge in [-0.05, 0) is 43.2 Å². The van der Waals surface area contributed by atoms with E-state index in [1.165, 1.54) is 11.1 Å². The van der Waals surface area contributed by atoms with Crippen molar-refractivity contribution in [3.05, 3.63) is 87.7 Å². The van der Waals surface area contributed by atoms with Crippen LogP contribution < -0.4 is 0 Å². The van der Waals surface area contributed by atoms with Gasteiger partial charge in [-0.25, -0.2) is 9.67 Å². The minimum Gasteiger partial charge on any atom is -0.274 e. The molecule has 1 aliphatic heterocycles. The zero-order valence-electron chi connectivity index (χ0n) is 16.2. The van der Waals surface area contributed by atoms with Crippen LogP contribution in [0.1, 0.15) is 32.0 Å². The number of halogens is 1. The van der Waals surface area contributed by atoms with E-state index in [1.54, 1.807) is 4.68 Å². The van der Waals surface area contributed by atoms with Gasteiger partial charge in [0.1, 0.15) is 0 Å². The lowest BCUT2D eigenvalue weighted by Gasteiger charge is -2.13. The first kappa shape index (κ1) is 18.7. The largest absolute Gasteiger partial charge is 0.274 e. The molecular formula is C23H17BrN4O2. The summed E-state index contributed by atoms with van der Waals surface area (Å²) in [5, 5.41) is 5.24. The van der Waals surface area contributed by atoms with Crippen LogP contribution in [0.4, 0.5) is 0 Å². The van der Waals surface area contributed by atoms with E-state index in [0.29, 0.717) is 40.8 Å². The quantitative estimate of drug-likeness (QED) is 0.425. The Morgan fingerprint density at radius 2 is 1.70 bits per heavy atom. The third kappa shape index (κ3) is 2.93. The van der Waals surface area contributed by atoms with Crippen LogP contribution in [0.5, 0.6) is 0 Å². The molecule has 0 N–H and O–H groups in total. The second-order valence-electron chi connectivity index (χ2n) is 7.22. The molecule has 5 rings (SSSR count). The van der Waals surface area contributed by atoms with Crippen molar-refractivity contribution in [2.24, 2.45) is 0 Å². The molecule has 0 bridgehead atoms. The second kappa shape index (κ2) is 7.18. The normalized spacial score (nSPS) is 13.3. The number of hydrogen-bond acceptors (Lipinski definition) is 4. The minimum absolute atomic E-state index is 0.281. The molecule has 30 heavy (non-hydrogen) atoms. The van der Waals surface area contributed by atoms with Crippen molar-refractivity contribution in [2.45, 2.75) is 13.3 Å². The minimum atomic E-state index is -0.295. The molecule has 2 aromatic heterocycles. The van der Waals surface area contributed by atoms with Gasteiger partial charge in [-0.2, -0.15) is 5.10 Å². The summed E-state index contributed by atoms with van der Waals surface area (Å²) < 4.78 is 2.67. The summed E-state index contributed by atoms with van der Waals surface area (Å²) in [7, 11) is 0. The SMILES string of the molecule is Cc1nn(-c2ccc(Br)cc2)c2ncc3c(c12)C(=O)N(CCc1ccccc1)C3=O. The predicted octanol–water partition coefficient (Wildman–Crippen LogP) is 4.33. The summed E-state index contributed by atoms with van der Waals surface area (Å²) in [6.45, 7) is 2.17. The molecule has 0 spiro atoms. The van der Waals surface area contributed by atoms with E-state index >= 15 is 0 Å². The van der Waals surface area contributed by atoms with Crippen molar-refractivity contribution in [3.63, 3.8) is 0 Å². The Kier molecular flexibility index (Phi) is 4.47. The molecule has 3 heterocycles. The van der Waals surface area contributed by atoms with Gasteiger partial charge in [-0.3, -0.25) is 14.5 Å². The fourth-order valence-electron chi connectivity index (χ4n) is 3.86. The monoisotopic (exact) mass is 460 g/mol. The van der Waals surface area contributed by atoms with Gasteiger partial charge in [0.25, 0.3) is 11.8 Å². The average Bonchev–Trinajstić information content (AvgIpc) is 3.22. The molecule has 0 saturated carbocycles. The van der Waals surface area contributed by atoms with Crippen LogP contribution in [0.3, 0.4) is 0 Å². The maximum Gasteiger partial charge on any atom is 0.263 e. The van der Waals surface area contributed by atoms with Crippen molar-refractivity contribution in [2.75, 3.05) is 6.54 Å². The summed E-state index contributed by atoms with van der Waals surface area (Å²) in [5.74, 6) is -0.576. The van der Waals surface area contributed by atoms with E-state index in [9.17, 15) is 9.59 Å². The van der Waals surface area contributed by atoms with Crippen LogP contribution in [0.2, 0.25) is 0 Å². The molecule has 0 saturated heterocycles. The molecule has 6 nitrogen and oxygen atoms in total. The zero-order valence-corrected chi connectivity index (χ0v) is 17.8. The van der Waals surface area contributed by atoms with Crippen LogP contribution >= 0.6 is 15.9 Å². The van der Waals surface area contributed by atoms with Gasteiger partial charge in [-0.15, -0.1) is 0 Å². The van der Waals surface area contributed by atoms with Crippen molar-refractivity contribution in [3.8, 4) is 5.69 Å². The van der Waals surface area contributed by atoms with E-state index in [1.807, 2.05) is 61.5 Å². The van der Waals surface area contributed by atoms with E-state index in [-0.39, 0.29) is 11.8 Å². The number of fused-ring (bicyclic) bond motifs is 3. The Morgan fingerprint density at radius 1 is 0.967 bits per heavy atom. The number of hydrogen-bond donors (Lipinski definition) is 0. The number of aryl methyl sites for hydroxylation is 1. The van der Waals surface area contributed by atoms with Gasteiger partial charge in [0.2, 0.25) is 0 Å². The van der Waals surface area contributed by atoms with Gasteiger partial charge in [0.05, 0.1) is 27.9 Å². The molecule has 0 unspecified atom stereocenters. The first-order valence-electron chi connectivity index (χ1n) is 9.59. The molecule has 2 amide bonds. The fourth-order valence-corrected chi connectivity index (χ4v) is 4.12. The van der Waals surface area contributed by atoms with Crippen LogP contribution in [0.15, 0.2) is 65.3 Å². The first-order valence-corrected chi connectivity index (χ1v) is 10.4. The molecule has 2 aromatic carbocycles. The van der Waals surface area contributed by atoms with Crippen molar-refractivity contribution < 1.29 is 9.59 Å². The summed E-state index contributed by atoms with van der Waals surface area (Å²) >= 11 is 3.43. The Bertz CT molecular complexity index is 1300. The van der Waals surface area contributed by atoms with Crippen LogP contribution in [-0.2, 0) is 6.42 Å². The maximum absolute atomic E-state index is 13.2. The smallest absolute Gasteiger partial charge is 0.263 e. The molecule has 4 aromatic rings. The third-order valence-corrected chi connectivity index (χ3v) is 5.87. The third-order valence-electron chi connectivity index (χ3n) is 5.34. The van der Waals surface area contributed by atoms with E-state index in [4.69, 9.17) is 0 Å². The van der Waals surface area contributed by atoms with Gasteiger partial charge in [-0.1, -0.05) is 46.3 Å². The van der Waals surface area contributed by atoms with E-state index < -0.39 is 0 Å². The van der Waals surface area contributed by atoms with Gasteiger partial charge < -0.3 is 0 Å². The number of amides is 2. The Balaban J connectivity index is 1.55. The van der Waals surface area contributed by atoms with Gasteiger partial charge in [0.15, 0.2) is 5.65 Å². The molecular weight excluding hydrogens is 444 g/mol. The summed E-state index contributed by atoms with van der Waals surface area (Å²) in [6.07, 6.45) is 2.11. The first-order chi connectivity index (χ1) is 14.5. The van der Waals surface area contributed by atoms with Crippen LogP contribution in [-0.4, -0.2) is 38.0 Å². The number of carbonyl (C=O) groups excluding carboxylic acids is 2. The summed E-state index contributed by atoms with van der Waals surface area (Å²) in [4.78, 5) is 32.0. The number of imide groups is 1. The molecule has 7 heteroatoms. The molecule has 0 aliphatic carbocycles. The number of pyridine rings is 1. The highest BCUT2D eigenvalue weighted by molar-refractivity contribution is 9.10. The summed E-state index contributed by atoms with van der Waals surface area (Å²) in [6, 6.07) is 17.5. The highest BCUT2D eigenvalue weighted by Gasteiger charge is 2.38. The summed E-state index contributed by atoms with van der Waals surface area (Å²) in [5.41, 5.74) is 3.90. The lowest BCUT2D eigenvalue weighted by molar-refractivity contribution is 0.0656. The topological polar surface area (TPSA) is 68.1 Å². The Hall–Kier alpha value is -3.32. The average molecular weight is 461 g/mol.